The maximum absolute atomic E-state index is 11.8. The highest BCUT2D eigenvalue weighted by Crippen LogP contribution is 2.12. The van der Waals surface area contributed by atoms with Crippen LogP contribution in [0.5, 0.6) is 0 Å². The molecule has 83 valence electrons. The van der Waals surface area contributed by atoms with Crippen LogP contribution in [0.1, 0.15) is 12.8 Å². The van der Waals surface area contributed by atoms with Crippen LogP contribution < -0.4 is 0 Å². The number of hydrogen-bond donors (Lipinski definition) is 0. The van der Waals surface area contributed by atoms with E-state index in [-0.39, 0.29) is 5.75 Å². The Labute approximate surface area is 86.9 Å². The van der Waals surface area contributed by atoms with Crippen molar-refractivity contribution in [2.24, 2.45) is 0 Å². The van der Waals surface area contributed by atoms with Crippen LogP contribution in [0.15, 0.2) is 0 Å². The Morgan fingerprint density at radius 2 is 1.86 bits per heavy atom. The normalized spacial score (nSPS) is 20.2. The lowest BCUT2D eigenvalue weighted by atomic mass is 10.2. The molecular formula is C9H19N2O2S. The van der Waals surface area contributed by atoms with E-state index in [1.54, 1.807) is 4.31 Å². The van der Waals surface area contributed by atoms with Crippen LogP contribution in [0.2, 0.25) is 0 Å². The third-order valence-electron chi connectivity index (χ3n) is 2.36. The van der Waals surface area contributed by atoms with Crippen molar-refractivity contribution in [2.75, 3.05) is 39.5 Å². The Morgan fingerprint density at radius 3 is 2.36 bits per heavy atom. The zero-order chi connectivity index (χ0) is 10.6. The van der Waals surface area contributed by atoms with E-state index in [4.69, 9.17) is 0 Å². The first-order valence-electron chi connectivity index (χ1n) is 4.96. The number of sulfonamides is 1. The van der Waals surface area contributed by atoms with Gasteiger partial charge in [-0.05, 0) is 33.4 Å². The first-order chi connectivity index (χ1) is 6.52. The number of piperidine rings is 1. The molecule has 1 aliphatic rings. The average molecular weight is 219 g/mol. The molecule has 14 heavy (non-hydrogen) atoms. The molecule has 0 atom stereocenters. The summed E-state index contributed by atoms with van der Waals surface area (Å²) >= 11 is 0. The summed E-state index contributed by atoms with van der Waals surface area (Å²) in [5, 5.41) is 0. The highest BCUT2D eigenvalue weighted by molar-refractivity contribution is 7.89. The molecule has 0 aliphatic carbocycles. The monoisotopic (exact) mass is 219 g/mol. The van der Waals surface area contributed by atoms with E-state index < -0.39 is 10.0 Å². The molecule has 0 amide bonds. The summed E-state index contributed by atoms with van der Waals surface area (Å²) < 4.78 is 25.2. The van der Waals surface area contributed by atoms with Crippen molar-refractivity contribution in [1.29, 1.82) is 0 Å². The van der Waals surface area contributed by atoms with Gasteiger partial charge in [-0.3, -0.25) is 0 Å². The van der Waals surface area contributed by atoms with Gasteiger partial charge in [0.15, 0.2) is 0 Å². The Hall–Kier alpha value is -0.130. The third-order valence-corrected chi connectivity index (χ3v) is 4.21. The maximum atomic E-state index is 11.8. The summed E-state index contributed by atoms with van der Waals surface area (Å²) in [6.45, 7) is 1.92. The molecule has 1 fully saturated rings. The van der Waals surface area contributed by atoms with E-state index >= 15 is 0 Å². The predicted octanol–water partition coefficient (Wildman–Crippen LogP) is 0.178. The van der Waals surface area contributed by atoms with Crippen molar-refractivity contribution in [3.63, 3.8) is 0 Å². The minimum absolute atomic E-state index is 0.236. The van der Waals surface area contributed by atoms with Gasteiger partial charge in [-0.2, -0.15) is 0 Å². The molecule has 1 rings (SSSR count). The van der Waals surface area contributed by atoms with Crippen molar-refractivity contribution >= 4 is 10.0 Å². The van der Waals surface area contributed by atoms with Gasteiger partial charge in [0.2, 0.25) is 10.0 Å². The lowest BCUT2D eigenvalue weighted by Crippen LogP contribution is -2.39. The van der Waals surface area contributed by atoms with Crippen LogP contribution >= 0.6 is 0 Å². The highest BCUT2D eigenvalue weighted by Gasteiger charge is 2.23. The van der Waals surface area contributed by atoms with E-state index in [2.05, 4.69) is 6.42 Å². The van der Waals surface area contributed by atoms with Gasteiger partial charge in [-0.25, -0.2) is 12.7 Å². The summed E-state index contributed by atoms with van der Waals surface area (Å²) in [7, 11) is 0.770. The summed E-state index contributed by atoms with van der Waals surface area (Å²) in [5.41, 5.74) is 0. The number of hydrogen-bond acceptors (Lipinski definition) is 3. The first-order valence-corrected chi connectivity index (χ1v) is 6.57. The summed E-state index contributed by atoms with van der Waals surface area (Å²) in [6.07, 6.45) is 3.93. The molecule has 0 aromatic heterocycles. The molecule has 0 spiro atoms. The van der Waals surface area contributed by atoms with Crippen LogP contribution in [-0.4, -0.2) is 57.1 Å². The molecule has 1 aliphatic heterocycles. The van der Waals surface area contributed by atoms with E-state index in [1.807, 2.05) is 19.0 Å². The highest BCUT2D eigenvalue weighted by atomic mass is 32.2. The Balaban J connectivity index is 2.46. The van der Waals surface area contributed by atoms with E-state index in [9.17, 15) is 8.42 Å². The topological polar surface area (TPSA) is 40.6 Å². The summed E-state index contributed by atoms with van der Waals surface area (Å²) in [5.74, 6) is 0.236. The van der Waals surface area contributed by atoms with Gasteiger partial charge in [-0.1, -0.05) is 0 Å². The van der Waals surface area contributed by atoms with Gasteiger partial charge < -0.3 is 4.90 Å². The van der Waals surface area contributed by atoms with Crippen molar-refractivity contribution in [3.8, 4) is 0 Å². The molecule has 5 heteroatoms. The largest absolute Gasteiger partial charge is 0.308 e. The molecule has 0 unspecified atom stereocenters. The second-order valence-corrected chi connectivity index (χ2v) is 5.97. The molecule has 0 N–H and O–H groups in total. The zero-order valence-electron chi connectivity index (χ0n) is 8.94. The lowest BCUT2D eigenvalue weighted by molar-refractivity contribution is 0.374. The summed E-state index contributed by atoms with van der Waals surface area (Å²) in [6, 6.07) is 0. The standard InChI is InChI=1S/C9H19N2O2S/c1-10(2)8-9-14(12,13)11-6-4-3-5-7-11/h3H,4-9H2,1-2H3. The van der Waals surface area contributed by atoms with Crippen LogP contribution in [0.3, 0.4) is 0 Å². The van der Waals surface area contributed by atoms with Crippen LogP contribution in [0, 0.1) is 6.42 Å². The Kier molecular flexibility index (Phi) is 4.34. The van der Waals surface area contributed by atoms with Crippen molar-refractivity contribution in [1.82, 2.24) is 9.21 Å². The maximum Gasteiger partial charge on any atom is 0.215 e. The molecule has 1 heterocycles. The minimum Gasteiger partial charge on any atom is -0.308 e. The lowest BCUT2D eigenvalue weighted by Gasteiger charge is -2.26. The average Bonchev–Trinajstić information content (AvgIpc) is 2.16. The van der Waals surface area contributed by atoms with Gasteiger partial charge in [0.25, 0.3) is 0 Å². The molecule has 0 aromatic rings. The zero-order valence-corrected chi connectivity index (χ0v) is 9.76. The van der Waals surface area contributed by atoms with Crippen LogP contribution in [0.4, 0.5) is 0 Å². The van der Waals surface area contributed by atoms with E-state index in [0.717, 1.165) is 12.8 Å². The number of rotatable bonds is 4. The fraction of sp³-hybridized carbons (Fsp3) is 0.889. The fourth-order valence-corrected chi connectivity index (χ4v) is 3.05. The first kappa shape index (κ1) is 11.9. The van der Waals surface area contributed by atoms with Gasteiger partial charge in [-0.15, -0.1) is 0 Å². The van der Waals surface area contributed by atoms with Gasteiger partial charge in [0, 0.05) is 19.6 Å². The van der Waals surface area contributed by atoms with Gasteiger partial charge >= 0.3 is 0 Å². The molecule has 1 saturated heterocycles. The van der Waals surface area contributed by atoms with Crippen LogP contribution in [0.25, 0.3) is 0 Å². The van der Waals surface area contributed by atoms with Gasteiger partial charge in [0.05, 0.1) is 5.75 Å². The number of nitrogens with zero attached hydrogens (tertiary/aromatic N) is 2. The molecule has 1 radical (unpaired) electrons. The second-order valence-electron chi connectivity index (χ2n) is 3.88. The van der Waals surface area contributed by atoms with E-state index in [0.29, 0.717) is 19.6 Å². The minimum atomic E-state index is -3.01. The fourth-order valence-electron chi connectivity index (χ4n) is 1.43. The quantitative estimate of drug-likeness (QED) is 0.677. The van der Waals surface area contributed by atoms with Crippen LogP contribution in [-0.2, 0) is 10.0 Å². The molecule has 0 aromatic carbocycles. The predicted molar refractivity (Wildman–Crippen MR) is 57.4 cm³/mol. The SMILES string of the molecule is CN(C)CCS(=O)(=O)N1CC[CH]CC1. The Morgan fingerprint density at radius 1 is 1.29 bits per heavy atom. The molecule has 0 bridgehead atoms. The Bertz CT molecular complexity index is 256. The second kappa shape index (κ2) is 5.09. The van der Waals surface area contributed by atoms with Gasteiger partial charge in [0.1, 0.15) is 0 Å². The molecule has 4 nitrogen and oxygen atoms in total. The van der Waals surface area contributed by atoms with E-state index in [1.165, 1.54) is 0 Å². The third kappa shape index (κ3) is 3.55. The summed E-state index contributed by atoms with van der Waals surface area (Å²) in [4.78, 5) is 1.90. The molecule has 0 saturated carbocycles. The smallest absolute Gasteiger partial charge is 0.215 e. The van der Waals surface area contributed by atoms with Crippen molar-refractivity contribution in [2.45, 2.75) is 12.8 Å². The molecular weight excluding hydrogens is 200 g/mol. The van der Waals surface area contributed by atoms with Crippen molar-refractivity contribution < 1.29 is 8.42 Å². The van der Waals surface area contributed by atoms with Crippen molar-refractivity contribution in [3.05, 3.63) is 6.42 Å².